The molecule has 1 heterocycles. The number of ether oxygens (including phenoxy) is 2. The first-order chi connectivity index (χ1) is 9.19. The van der Waals surface area contributed by atoms with E-state index in [-0.39, 0.29) is 5.60 Å². The van der Waals surface area contributed by atoms with Gasteiger partial charge in [0.15, 0.2) is 0 Å². The van der Waals surface area contributed by atoms with Crippen LogP contribution >= 0.6 is 0 Å². The fourth-order valence-corrected chi connectivity index (χ4v) is 3.95. The molecule has 2 fully saturated rings. The maximum atomic E-state index is 6.20. The minimum Gasteiger partial charge on any atom is -0.382 e. The molecule has 0 amide bonds. The molecule has 3 heteroatoms. The first kappa shape index (κ1) is 15.3. The van der Waals surface area contributed by atoms with Gasteiger partial charge in [0.1, 0.15) is 0 Å². The van der Waals surface area contributed by atoms with Crippen LogP contribution in [0.2, 0.25) is 0 Å². The van der Waals surface area contributed by atoms with Crippen LogP contribution in [0.3, 0.4) is 0 Å². The molecule has 1 N–H and O–H groups in total. The largest absolute Gasteiger partial charge is 0.382 e. The third kappa shape index (κ3) is 3.93. The fraction of sp³-hybridized carbons (Fsp3) is 1.00. The third-order valence-electron chi connectivity index (χ3n) is 5.22. The molecule has 1 aliphatic heterocycles. The van der Waals surface area contributed by atoms with Gasteiger partial charge in [-0.25, -0.2) is 0 Å². The van der Waals surface area contributed by atoms with E-state index in [0.29, 0.717) is 12.1 Å². The number of methoxy groups -OCH3 is 1. The Balaban J connectivity index is 1.94. The maximum absolute atomic E-state index is 6.20. The Morgan fingerprint density at radius 3 is 2.68 bits per heavy atom. The van der Waals surface area contributed by atoms with E-state index in [1.165, 1.54) is 44.9 Å². The summed E-state index contributed by atoms with van der Waals surface area (Å²) in [4.78, 5) is 0. The summed E-state index contributed by atoms with van der Waals surface area (Å²) < 4.78 is 11.6. The van der Waals surface area contributed by atoms with E-state index >= 15 is 0 Å². The van der Waals surface area contributed by atoms with Gasteiger partial charge in [-0.3, -0.25) is 0 Å². The molecule has 0 aromatic carbocycles. The zero-order chi connectivity index (χ0) is 13.7. The molecule has 3 nitrogen and oxygen atoms in total. The van der Waals surface area contributed by atoms with E-state index in [1.54, 1.807) is 0 Å². The van der Waals surface area contributed by atoms with Crippen LogP contribution in [0.1, 0.15) is 58.3 Å². The smallest absolute Gasteiger partial charge is 0.0685 e. The van der Waals surface area contributed by atoms with Crippen LogP contribution in [0, 0.1) is 5.92 Å². The summed E-state index contributed by atoms with van der Waals surface area (Å²) in [5.74, 6) is 0.745. The van der Waals surface area contributed by atoms with Crippen molar-refractivity contribution >= 4 is 0 Å². The van der Waals surface area contributed by atoms with Gasteiger partial charge < -0.3 is 14.8 Å². The van der Waals surface area contributed by atoms with E-state index in [1.807, 2.05) is 7.11 Å². The molecular weight excluding hydrogens is 238 g/mol. The Labute approximate surface area is 118 Å². The summed E-state index contributed by atoms with van der Waals surface area (Å²) >= 11 is 0. The van der Waals surface area contributed by atoms with Crippen molar-refractivity contribution in [3.05, 3.63) is 0 Å². The molecule has 1 aliphatic carbocycles. The van der Waals surface area contributed by atoms with Crippen molar-refractivity contribution in [2.45, 2.75) is 76.0 Å². The van der Waals surface area contributed by atoms with E-state index in [9.17, 15) is 0 Å². The molecule has 0 bridgehead atoms. The molecule has 1 saturated heterocycles. The SMILES string of the molecule is CNC(CC(C)OC)C1CCOC2(CCCCC2)C1. The van der Waals surface area contributed by atoms with Crippen LogP contribution in [0.4, 0.5) is 0 Å². The Morgan fingerprint density at radius 1 is 1.32 bits per heavy atom. The van der Waals surface area contributed by atoms with Gasteiger partial charge in [-0.15, -0.1) is 0 Å². The van der Waals surface area contributed by atoms with E-state index in [4.69, 9.17) is 9.47 Å². The molecule has 112 valence electrons. The highest BCUT2D eigenvalue weighted by Crippen LogP contribution is 2.42. The highest BCUT2D eigenvalue weighted by molar-refractivity contribution is 4.93. The first-order valence-corrected chi connectivity index (χ1v) is 8.03. The van der Waals surface area contributed by atoms with Gasteiger partial charge in [-0.05, 0) is 52.0 Å². The van der Waals surface area contributed by atoms with Crippen molar-refractivity contribution in [3.8, 4) is 0 Å². The summed E-state index contributed by atoms with van der Waals surface area (Å²) in [6.07, 6.45) is 10.5. The average molecular weight is 269 g/mol. The number of hydrogen-bond acceptors (Lipinski definition) is 3. The van der Waals surface area contributed by atoms with Crippen LogP contribution in [0.25, 0.3) is 0 Å². The third-order valence-corrected chi connectivity index (χ3v) is 5.22. The van der Waals surface area contributed by atoms with Gasteiger partial charge >= 0.3 is 0 Å². The van der Waals surface area contributed by atoms with Crippen LogP contribution in [-0.4, -0.2) is 38.5 Å². The van der Waals surface area contributed by atoms with Crippen LogP contribution in [0.5, 0.6) is 0 Å². The molecule has 3 atom stereocenters. The highest BCUT2D eigenvalue weighted by atomic mass is 16.5. The highest BCUT2D eigenvalue weighted by Gasteiger charge is 2.40. The van der Waals surface area contributed by atoms with Gasteiger partial charge in [-0.1, -0.05) is 19.3 Å². The summed E-state index contributed by atoms with van der Waals surface area (Å²) in [7, 11) is 3.90. The molecule has 2 aliphatic rings. The molecule has 1 saturated carbocycles. The Morgan fingerprint density at radius 2 is 2.05 bits per heavy atom. The Hall–Kier alpha value is -0.120. The molecule has 19 heavy (non-hydrogen) atoms. The standard InChI is InChI=1S/C16H31NO2/c1-13(18-3)11-15(17-2)14-7-10-19-16(12-14)8-5-4-6-9-16/h13-15,17H,4-12H2,1-3H3. The lowest BCUT2D eigenvalue weighted by Gasteiger charge is -2.45. The van der Waals surface area contributed by atoms with Crippen molar-refractivity contribution in [2.24, 2.45) is 5.92 Å². The molecular formula is C16H31NO2. The average Bonchev–Trinajstić information content (AvgIpc) is 2.45. The predicted octanol–water partition coefficient (Wildman–Crippen LogP) is 3.13. The lowest BCUT2D eigenvalue weighted by molar-refractivity contribution is -0.123. The lowest BCUT2D eigenvalue weighted by atomic mass is 9.73. The van der Waals surface area contributed by atoms with Gasteiger partial charge in [-0.2, -0.15) is 0 Å². The van der Waals surface area contributed by atoms with Crippen molar-refractivity contribution in [2.75, 3.05) is 20.8 Å². The van der Waals surface area contributed by atoms with Gasteiger partial charge in [0, 0.05) is 19.8 Å². The molecule has 2 rings (SSSR count). The lowest BCUT2D eigenvalue weighted by Crippen LogP contribution is -2.47. The summed E-state index contributed by atoms with van der Waals surface area (Å²) in [5.41, 5.74) is 0.215. The number of nitrogens with one attached hydrogen (secondary N) is 1. The van der Waals surface area contributed by atoms with Gasteiger partial charge in [0.05, 0.1) is 11.7 Å². The fourth-order valence-electron chi connectivity index (χ4n) is 3.95. The quantitative estimate of drug-likeness (QED) is 0.832. The summed E-state index contributed by atoms with van der Waals surface area (Å²) in [6, 6.07) is 0.567. The molecule has 0 aromatic heterocycles. The van der Waals surface area contributed by atoms with Crippen molar-refractivity contribution < 1.29 is 9.47 Å². The monoisotopic (exact) mass is 269 g/mol. The Bertz CT molecular complexity index is 258. The second kappa shape index (κ2) is 7.05. The van der Waals surface area contributed by atoms with Crippen molar-refractivity contribution in [3.63, 3.8) is 0 Å². The van der Waals surface area contributed by atoms with Crippen LogP contribution in [0.15, 0.2) is 0 Å². The van der Waals surface area contributed by atoms with Crippen LogP contribution < -0.4 is 5.32 Å². The first-order valence-electron chi connectivity index (χ1n) is 8.03. The van der Waals surface area contributed by atoms with Gasteiger partial charge in [0.2, 0.25) is 0 Å². The molecule has 3 unspecified atom stereocenters. The molecule has 1 spiro atoms. The maximum Gasteiger partial charge on any atom is 0.0685 e. The minimum atomic E-state index is 0.215. The zero-order valence-corrected chi connectivity index (χ0v) is 12.9. The number of rotatable bonds is 5. The zero-order valence-electron chi connectivity index (χ0n) is 12.9. The van der Waals surface area contributed by atoms with E-state index < -0.39 is 0 Å². The van der Waals surface area contributed by atoms with Gasteiger partial charge in [0.25, 0.3) is 0 Å². The summed E-state index contributed by atoms with van der Waals surface area (Å²) in [6.45, 7) is 3.12. The Kier molecular flexibility index (Phi) is 5.67. The van der Waals surface area contributed by atoms with E-state index in [2.05, 4.69) is 19.3 Å². The van der Waals surface area contributed by atoms with Crippen molar-refractivity contribution in [1.82, 2.24) is 5.32 Å². The second-order valence-corrected chi connectivity index (χ2v) is 6.52. The van der Waals surface area contributed by atoms with Crippen molar-refractivity contribution in [1.29, 1.82) is 0 Å². The number of hydrogen-bond donors (Lipinski definition) is 1. The van der Waals surface area contributed by atoms with Crippen LogP contribution in [-0.2, 0) is 9.47 Å². The normalized spacial score (nSPS) is 30.2. The molecule has 0 radical (unpaired) electrons. The molecule has 0 aromatic rings. The minimum absolute atomic E-state index is 0.215. The summed E-state index contributed by atoms with van der Waals surface area (Å²) in [5, 5.41) is 3.52. The van der Waals surface area contributed by atoms with E-state index in [0.717, 1.165) is 18.9 Å². The topological polar surface area (TPSA) is 30.5 Å². The second-order valence-electron chi connectivity index (χ2n) is 6.52. The predicted molar refractivity (Wildman–Crippen MR) is 78.4 cm³/mol.